The molecule has 3 heterocycles. The predicted octanol–water partition coefficient (Wildman–Crippen LogP) is -5.94. The number of halogens is 3. The molecule has 186 valence electrons. The van der Waals surface area contributed by atoms with Gasteiger partial charge in [0.15, 0.2) is 24.5 Å². The van der Waals surface area contributed by atoms with E-state index in [1.54, 1.807) is 0 Å². The first kappa shape index (κ1) is 25.8. The molecule has 14 nitrogen and oxygen atoms in total. The number of aromatic nitrogens is 4. The summed E-state index contributed by atoms with van der Waals surface area (Å²) in [5.74, 6) is -1.88. The van der Waals surface area contributed by atoms with E-state index in [1.165, 1.54) is 23.3 Å². The van der Waals surface area contributed by atoms with Crippen molar-refractivity contribution in [1.29, 1.82) is 0 Å². The van der Waals surface area contributed by atoms with E-state index in [1.807, 2.05) is 0 Å². The highest BCUT2D eigenvalue weighted by Gasteiger charge is 2.44. The Hall–Kier alpha value is -2.80. The summed E-state index contributed by atoms with van der Waals surface area (Å²) in [5.41, 5.74) is 6.93. The van der Waals surface area contributed by atoms with E-state index in [4.69, 9.17) is 33.9 Å². The lowest BCUT2D eigenvalue weighted by Crippen LogP contribution is -2.68. The molecule has 4 atom stereocenters. The number of rotatable bonds is 5. The quantitative estimate of drug-likeness (QED) is 0.235. The van der Waals surface area contributed by atoms with Gasteiger partial charge in [-0.25, -0.2) is 32.4 Å². The Bertz CT molecular complexity index is 1140. The second kappa shape index (κ2) is 10.2. The highest BCUT2D eigenvalue weighted by molar-refractivity contribution is 5.79. The molecule has 4 rings (SSSR count). The Balaban J connectivity index is 0.000000588. The molecule has 0 radical (unpaired) electrons. The topological polar surface area (TPSA) is 232 Å². The lowest BCUT2D eigenvalue weighted by atomic mass is 10.1. The number of aliphatic hydroxyl groups excluding tert-OH is 3. The molecule has 3 aromatic rings. The maximum absolute atomic E-state index is 13.3. The monoisotopic (exact) mass is 509 g/mol. The standard InChI is InChI=1S/C17H17F2N5O5.ClHO4/c18-9-2-1-8(3-10(9)19)5-28-24-7-22-16-12(15(24)20)21-6-23(16)17-14(27)13(26)11(4-25)29-17;2-1(3,4)5/h1-3,6-7,11,13-14,17,20,25-27H,4-5H2;(H,2,3,4,5)/t11-,13-,14-,17-;/m1./s1. The normalized spacial score (nSPS) is 22.5. The maximum atomic E-state index is 13.3. The fourth-order valence-electron chi connectivity index (χ4n) is 3.11. The summed E-state index contributed by atoms with van der Waals surface area (Å²) in [6.45, 7) is -0.566. The number of nitrogen functional groups attached to an aromatic ring is 1. The van der Waals surface area contributed by atoms with Crippen molar-refractivity contribution >= 4 is 17.0 Å². The number of fused-ring (bicyclic) bond motifs is 1. The van der Waals surface area contributed by atoms with Crippen molar-refractivity contribution < 1.29 is 67.3 Å². The van der Waals surface area contributed by atoms with Crippen LogP contribution in [0.3, 0.4) is 0 Å². The van der Waals surface area contributed by atoms with Crippen LogP contribution in [0.25, 0.3) is 11.2 Å². The van der Waals surface area contributed by atoms with Crippen molar-refractivity contribution in [3.8, 4) is 0 Å². The van der Waals surface area contributed by atoms with Crippen LogP contribution < -0.4 is 33.9 Å². The van der Waals surface area contributed by atoms with Gasteiger partial charge in [-0.1, -0.05) is 15.8 Å². The van der Waals surface area contributed by atoms with Gasteiger partial charge in [-0.2, -0.15) is 0 Å². The van der Waals surface area contributed by atoms with E-state index in [-0.39, 0.29) is 23.6 Å². The smallest absolute Gasteiger partial charge is 0.289 e. The minimum atomic E-state index is -4.94. The number of hydrogen-bond acceptors (Lipinski definition) is 12. The number of imidazole rings is 1. The number of nitrogens with two attached hydrogens (primary N) is 1. The van der Waals surface area contributed by atoms with Crippen LogP contribution in [-0.4, -0.2) is 54.8 Å². The largest absolute Gasteiger partial charge is 0.394 e. The molecule has 1 aliphatic heterocycles. The average Bonchev–Trinajstić information content (AvgIpc) is 3.30. The van der Waals surface area contributed by atoms with Crippen molar-refractivity contribution in [2.75, 3.05) is 12.3 Å². The van der Waals surface area contributed by atoms with E-state index in [0.29, 0.717) is 5.56 Å². The van der Waals surface area contributed by atoms with Gasteiger partial charge in [0.05, 0.1) is 6.61 Å². The molecule has 17 heteroatoms. The molecule has 1 aromatic carbocycles. The van der Waals surface area contributed by atoms with Gasteiger partial charge in [-0.05, 0) is 17.7 Å². The second-order valence-corrected chi connectivity index (χ2v) is 7.66. The van der Waals surface area contributed by atoms with Crippen LogP contribution in [0, 0.1) is 21.9 Å². The highest BCUT2D eigenvalue weighted by Crippen LogP contribution is 2.31. The first-order valence-electron chi connectivity index (χ1n) is 9.24. The summed E-state index contributed by atoms with van der Waals surface area (Å²) in [4.78, 5) is 13.8. The van der Waals surface area contributed by atoms with Crippen LogP contribution in [0.5, 0.6) is 0 Å². The Kier molecular flexibility index (Phi) is 7.76. The summed E-state index contributed by atoms with van der Waals surface area (Å²) in [5, 5.41) is 29.3. The van der Waals surface area contributed by atoms with E-state index < -0.39 is 53.0 Å². The SMILES string of the molecule is Nc1c2ncn([C@@H]3O[C@H](CO)[C@@H](O)[C@H]3O)c2nc[n+]1OCc1ccc(F)c(F)c1.[O-][Cl+3]([O-])([O-])[O-]. The fourth-order valence-corrected chi connectivity index (χ4v) is 3.11. The molecule has 34 heavy (non-hydrogen) atoms. The Labute approximate surface area is 191 Å². The fraction of sp³-hybridized carbons (Fsp3) is 0.353. The lowest BCUT2D eigenvalue weighted by molar-refractivity contribution is -2.00. The van der Waals surface area contributed by atoms with E-state index in [2.05, 4.69) is 9.97 Å². The maximum Gasteiger partial charge on any atom is 0.289 e. The summed E-state index contributed by atoms with van der Waals surface area (Å²) in [7, 11) is -4.94. The van der Waals surface area contributed by atoms with Gasteiger partial charge in [0, 0.05) is 0 Å². The third-order valence-corrected chi connectivity index (χ3v) is 4.68. The Morgan fingerprint density at radius 3 is 2.41 bits per heavy atom. The lowest BCUT2D eigenvalue weighted by Gasteiger charge is -2.17. The molecule has 0 spiro atoms. The van der Waals surface area contributed by atoms with Gasteiger partial charge in [0.1, 0.15) is 24.6 Å². The molecule has 0 bridgehead atoms. The van der Waals surface area contributed by atoms with Crippen molar-refractivity contribution in [3.63, 3.8) is 0 Å². The van der Waals surface area contributed by atoms with Gasteiger partial charge in [0.25, 0.3) is 12.1 Å². The van der Waals surface area contributed by atoms with Crippen LogP contribution in [0.4, 0.5) is 14.6 Å². The molecule has 1 saturated heterocycles. The van der Waals surface area contributed by atoms with Crippen LogP contribution in [0.15, 0.2) is 30.9 Å². The second-order valence-electron chi connectivity index (χ2n) is 6.91. The molecule has 0 unspecified atom stereocenters. The van der Waals surface area contributed by atoms with Gasteiger partial charge < -0.3 is 30.6 Å². The summed E-state index contributed by atoms with van der Waals surface area (Å²) in [6, 6.07) is 3.37. The Morgan fingerprint density at radius 2 is 1.82 bits per heavy atom. The number of nitrogens with zero attached hydrogens (tertiary/aromatic N) is 4. The number of aliphatic hydroxyl groups is 3. The molecular formula is C17H18ClF2N5O9. The number of ether oxygens (including phenoxy) is 1. The zero-order chi connectivity index (χ0) is 25.2. The number of anilines is 1. The average molecular weight is 510 g/mol. The zero-order valence-electron chi connectivity index (χ0n) is 16.9. The minimum Gasteiger partial charge on any atom is -0.394 e. The number of hydrogen-bond donors (Lipinski definition) is 4. The van der Waals surface area contributed by atoms with Gasteiger partial charge in [-0.15, -0.1) is 10.2 Å². The summed E-state index contributed by atoms with van der Waals surface area (Å²) >= 11 is 0. The zero-order valence-corrected chi connectivity index (χ0v) is 17.7. The van der Waals surface area contributed by atoms with Crippen molar-refractivity contribution in [2.45, 2.75) is 31.1 Å². The van der Waals surface area contributed by atoms with Crippen LogP contribution in [-0.2, 0) is 11.3 Å². The molecule has 1 fully saturated rings. The summed E-state index contributed by atoms with van der Waals surface area (Å²) in [6.07, 6.45) is -1.96. The van der Waals surface area contributed by atoms with E-state index in [9.17, 15) is 24.1 Å². The van der Waals surface area contributed by atoms with Gasteiger partial charge >= 0.3 is 0 Å². The molecule has 5 N–H and O–H groups in total. The highest BCUT2D eigenvalue weighted by atomic mass is 35.7. The van der Waals surface area contributed by atoms with Crippen LogP contribution >= 0.6 is 0 Å². The van der Waals surface area contributed by atoms with Crippen LogP contribution in [0.2, 0.25) is 0 Å². The number of benzene rings is 1. The Morgan fingerprint density at radius 1 is 1.15 bits per heavy atom. The van der Waals surface area contributed by atoms with Crippen molar-refractivity contribution in [3.05, 3.63) is 48.1 Å². The molecule has 1 aliphatic rings. The summed E-state index contributed by atoms with van der Waals surface area (Å²) < 4.78 is 68.3. The third-order valence-electron chi connectivity index (χ3n) is 4.68. The first-order chi connectivity index (χ1) is 15.9. The van der Waals surface area contributed by atoms with E-state index in [0.717, 1.165) is 16.9 Å². The van der Waals surface area contributed by atoms with E-state index >= 15 is 0 Å². The van der Waals surface area contributed by atoms with Crippen molar-refractivity contribution in [2.24, 2.45) is 0 Å². The van der Waals surface area contributed by atoms with Gasteiger partial charge in [-0.3, -0.25) is 4.57 Å². The predicted molar refractivity (Wildman–Crippen MR) is 91.8 cm³/mol. The third kappa shape index (κ3) is 5.81. The van der Waals surface area contributed by atoms with Crippen molar-refractivity contribution in [1.82, 2.24) is 14.5 Å². The molecule has 0 amide bonds. The van der Waals surface area contributed by atoms with Gasteiger partial charge in [0.2, 0.25) is 11.2 Å². The first-order valence-corrected chi connectivity index (χ1v) is 10.5. The van der Waals surface area contributed by atoms with Crippen LogP contribution in [0.1, 0.15) is 11.8 Å². The molecular weight excluding hydrogens is 492 g/mol. The minimum absolute atomic E-state index is 0.0723. The molecule has 0 aliphatic carbocycles. The molecule has 2 aromatic heterocycles. The molecule has 0 saturated carbocycles.